The number of fused-ring (bicyclic) bond motifs is 2. The molecule has 0 radical (unpaired) electrons. The molecular weight excluding hydrogens is 472 g/mol. The van der Waals surface area contributed by atoms with Crippen LogP contribution in [0.1, 0.15) is 42.5 Å². The lowest BCUT2D eigenvalue weighted by molar-refractivity contribution is -0.139. The fourth-order valence-corrected chi connectivity index (χ4v) is 5.62. The fourth-order valence-electron chi connectivity index (χ4n) is 5.62. The van der Waals surface area contributed by atoms with Crippen molar-refractivity contribution in [1.82, 2.24) is 5.32 Å². The van der Waals surface area contributed by atoms with Gasteiger partial charge in [0.15, 0.2) is 6.61 Å². The molecule has 0 aromatic heterocycles. The van der Waals surface area contributed by atoms with E-state index >= 15 is 0 Å². The smallest absolute Gasteiger partial charge is 0.341 e. The zero-order valence-electron chi connectivity index (χ0n) is 22.2. The highest BCUT2D eigenvalue weighted by molar-refractivity contribution is 5.86. The molecule has 5 rings (SSSR count). The molecule has 0 spiro atoms. The Hall–Kier alpha value is -3.83. The van der Waals surface area contributed by atoms with Crippen molar-refractivity contribution in [3.63, 3.8) is 0 Å². The molecule has 0 saturated carbocycles. The lowest BCUT2D eigenvalue weighted by Crippen LogP contribution is -2.32. The van der Waals surface area contributed by atoms with Gasteiger partial charge in [0.25, 0.3) is 0 Å². The molecule has 196 valence electrons. The van der Waals surface area contributed by atoms with Gasteiger partial charge >= 0.3 is 5.97 Å². The fraction of sp³-hybridized carbons (Fsp3) is 0.303. The van der Waals surface area contributed by atoms with Crippen LogP contribution in [0.15, 0.2) is 84.9 Å². The number of anilines is 2. The largest absolute Gasteiger partial charge is 0.482 e. The van der Waals surface area contributed by atoms with Crippen molar-refractivity contribution in [1.29, 1.82) is 0 Å². The summed E-state index contributed by atoms with van der Waals surface area (Å²) in [5.74, 6) is 0.182. The molecule has 0 amide bonds. The molecule has 5 heteroatoms. The Kier molecular flexibility index (Phi) is 7.94. The van der Waals surface area contributed by atoms with Gasteiger partial charge in [-0.25, -0.2) is 4.79 Å². The first-order valence-electron chi connectivity index (χ1n) is 13.5. The summed E-state index contributed by atoms with van der Waals surface area (Å²) in [5.41, 5.74) is 5.90. The molecule has 0 fully saturated rings. The second-order valence-corrected chi connectivity index (χ2v) is 10.3. The van der Waals surface area contributed by atoms with E-state index in [1.165, 1.54) is 27.6 Å². The van der Waals surface area contributed by atoms with Crippen LogP contribution >= 0.6 is 0 Å². The normalized spacial score (nSPS) is 15.7. The third-order valence-electron chi connectivity index (χ3n) is 7.60. The number of aliphatic carboxylic acids is 1. The molecule has 1 aliphatic rings. The molecule has 0 saturated heterocycles. The molecule has 1 aliphatic heterocycles. The minimum absolute atomic E-state index is 0.293. The standard InChI is InChI=1S/C33H36N2O3/c1-23-16-17-28(20-32(23)38-22-33(36)37)35-21-25(19-27-11-4-6-15-31(27)35)9-8-18-34-24(2)29-14-7-12-26-10-3-5-13-30(26)29/h3-7,10-17,20,24-25,34H,8-9,18-19,21-22H2,1-2H3,(H,36,37). The van der Waals surface area contributed by atoms with Gasteiger partial charge in [0, 0.05) is 30.0 Å². The minimum atomic E-state index is -0.971. The monoisotopic (exact) mass is 508 g/mol. The van der Waals surface area contributed by atoms with Crippen LogP contribution in [-0.2, 0) is 11.2 Å². The number of aryl methyl sites for hydroxylation is 1. The Balaban J connectivity index is 1.24. The van der Waals surface area contributed by atoms with Crippen molar-refractivity contribution in [2.75, 3.05) is 24.6 Å². The van der Waals surface area contributed by atoms with Crippen LogP contribution in [0, 0.1) is 12.8 Å². The zero-order valence-corrected chi connectivity index (χ0v) is 22.2. The first-order valence-corrected chi connectivity index (χ1v) is 13.5. The van der Waals surface area contributed by atoms with E-state index in [0.717, 1.165) is 43.6 Å². The van der Waals surface area contributed by atoms with Crippen LogP contribution in [0.4, 0.5) is 11.4 Å². The molecule has 2 N–H and O–H groups in total. The van der Waals surface area contributed by atoms with Crippen molar-refractivity contribution in [2.45, 2.75) is 39.2 Å². The number of rotatable bonds is 10. The molecule has 38 heavy (non-hydrogen) atoms. The summed E-state index contributed by atoms with van der Waals surface area (Å²) in [5, 5.41) is 15.4. The van der Waals surface area contributed by atoms with E-state index in [4.69, 9.17) is 9.84 Å². The van der Waals surface area contributed by atoms with Crippen LogP contribution in [-0.4, -0.2) is 30.8 Å². The summed E-state index contributed by atoms with van der Waals surface area (Å²) in [4.78, 5) is 13.4. The molecule has 5 nitrogen and oxygen atoms in total. The van der Waals surface area contributed by atoms with Crippen LogP contribution in [0.5, 0.6) is 5.75 Å². The summed E-state index contributed by atoms with van der Waals surface area (Å²) < 4.78 is 5.58. The number of nitrogens with one attached hydrogen (secondary N) is 1. The zero-order chi connectivity index (χ0) is 26.5. The first kappa shape index (κ1) is 25.8. The number of carbonyl (C=O) groups is 1. The van der Waals surface area contributed by atoms with E-state index in [0.29, 0.717) is 17.7 Å². The molecular formula is C33H36N2O3. The van der Waals surface area contributed by atoms with Gasteiger partial charge in [-0.05, 0) is 85.2 Å². The maximum atomic E-state index is 11.0. The predicted molar refractivity (Wildman–Crippen MR) is 155 cm³/mol. The second kappa shape index (κ2) is 11.7. The Labute approximate surface area is 225 Å². The number of nitrogens with zero attached hydrogens (tertiary/aromatic N) is 1. The Morgan fingerprint density at radius 3 is 2.71 bits per heavy atom. The molecule has 2 unspecified atom stereocenters. The molecule has 4 aromatic rings. The summed E-state index contributed by atoms with van der Waals surface area (Å²) >= 11 is 0. The predicted octanol–water partition coefficient (Wildman–Crippen LogP) is 7.05. The van der Waals surface area contributed by atoms with Crippen LogP contribution in [0.3, 0.4) is 0 Å². The van der Waals surface area contributed by atoms with E-state index in [-0.39, 0.29) is 6.61 Å². The number of para-hydroxylation sites is 1. The number of carboxylic acid groups (broad SMARTS) is 1. The molecule has 4 aromatic carbocycles. The average Bonchev–Trinajstić information content (AvgIpc) is 2.94. The lowest BCUT2D eigenvalue weighted by Gasteiger charge is -2.36. The van der Waals surface area contributed by atoms with Crippen molar-refractivity contribution in [3.8, 4) is 5.75 Å². The second-order valence-electron chi connectivity index (χ2n) is 10.3. The topological polar surface area (TPSA) is 61.8 Å². The molecule has 1 heterocycles. The highest BCUT2D eigenvalue weighted by atomic mass is 16.5. The van der Waals surface area contributed by atoms with Crippen molar-refractivity contribution < 1.29 is 14.6 Å². The van der Waals surface area contributed by atoms with Gasteiger partial charge in [-0.1, -0.05) is 66.7 Å². The number of ether oxygens (including phenoxy) is 1. The van der Waals surface area contributed by atoms with E-state index < -0.39 is 5.97 Å². The number of carboxylic acids is 1. The molecule has 2 atom stereocenters. The maximum absolute atomic E-state index is 11.0. The third-order valence-corrected chi connectivity index (χ3v) is 7.60. The van der Waals surface area contributed by atoms with Crippen molar-refractivity contribution in [3.05, 3.63) is 102 Å². The van der Waals surface area contributed by atoms with E-state index in [1.54, 1.807) is 0 Å². The van der Waals surface area contributed by atoms with Gasteiger partial charge in [0.1, 0.15) is 5.75 Å². The summed E-state index contributed by atoms with van der Waals surface area (Å²) in [6, 6.07) is 30.1. The van der Waals surface area contributed by atoms with Gasteiger partial charge in [-0.15, -0.1) is 0 Å². The van der Waals surface area contributed by atoms with Gasteiger partial charge in [0.2, 0.25) is 0 Å². The van der Waals surface area contributed by atoms with Gasteiger partial charge in [-0.3, -0.25) is 0 Å². The summed E-state index contributed by atoms with van der Waals surface area (Å²) in [6.45, 7) is 5.76. The average molecular weight is 509 g/mol. The Bertz CT molecular complexity index is 1410. The minimum Gasteiger partial charge on any atom is -0.482 e. The first-order chi connectivity index (χ1) is 18.5. The van der Waals surface area contributed by atoms with Crippen molar-refractivity contribution in [2.24, 2.45) is 5.92 Å². The highest BCUT2D eigenvalue weighted by Crippen LogP contribution is 2.38. The van der Waals surface area contributed by atoms with Gasteiger partial charge < -0.3 is 20.1 Å². The third kappa shape index (κ3) is 5.84. The number of benzene rings is 4. The SMILES string of the molecule is Cc1ccc(N2CC(CCCNC(C)c3cccc4ccccc34)Cc3ccccc32)cc1OCC(=O)O. The summed E-state index contributed by atoms with van der Waals surface area (Å²) in [6.07, 6.45) is 3.31. The molecule has 0 bridgehead atoms. The Morgan fingerprint density at radius 1 is 1.05 bits per heavy atom. The van der Waals surface area contributed by atoms with Crippen molar-refractivity contribution >= 4 is 28.1 Å². The number of hydrogen-bond donors (Lipinski definition) is 2. The van der Waals surface area contributed by atoms with Crippen LogP contribution in [0.2, 0.25) is 0 Å². The van der Waals surface area contributed by atoms with Crippen LogP contribution < -0.4 is 15.0 Å². The van der Waals surface area contributed by atoms with E-state index in [9.17, 15) is 4.79 Å². The van der Waals surface area contributed by atoms with E-state index in [2.05, 4.69) is 89.9 Å². The van der Waals surface area contributed by atoms with E-state index in [1.807, 2.05) is 19.1 Å². The quantitative estimate of drug-likeness (QED) is 0.225. The molecule has 0 aliphatic carbocycles. The highest BCUT2D eigenvalue weighted by Gasteiger charge is 2.25. The van der Waals surface area contributed by atoms with Gasteiger partial charge in [-0.2, -0.15) is 0 Å². The number of hydrogen-bond acceptors (Lipinski definition) is 4. The Morgan fingerprint density at radius 2 is 1.84 bits per heavy atom. The van der Waals surface area contributed by atoms with Crippen LogP contribution in [0.25, 0.3) is 10.8 Å². The van der Waals surface area contributed by atoms with Gasteiger partial charge in [0.05, 0.1) is 0 Å². The maximum Gasteiger partial charge on any atom is 0.341 e. The lowest BCUT2D eigenvalue weighted by atomic mass is 9.88. The summed E-state index contributed by atoms with van der Waals surface area (Å²) in [7, 11) is 0.